The van der Waals surface area contributed by atoms with Gasteiger partial charge in [0.1, 0.15) is 0 Å². The lowest BCUT2D eigenvalue weighted by molar-refractivity contribution is 0.183. The van der Waals surface area contributed by atoms with Crippen LogP contribution in [0.5, 0.6) is 0 Å². The van der Waals surface area contributed by atoms with Crippen LogP contribution >= 0.6 is 0 Å². The minimum atomic E-state index is -0.295. The van der Waals surface area contributed by atoms with Gasteiger partial charge in [-0.3, -0.25) is 0 Å². The number of isocyanates is 1. The van der Waals surface area contributed by atoms with Gasteiger partial charge >= 0.3 is 0 Å². The Morgan fingerprint density at radius 1 is 1.47 bits per heavy atom. The van der Waals surface area contributed by atoms with Crippen molar-refractivity contribution in [2.45, 2.75) is 25.0 Å². The molecular weight excluding hydrogens is 190 g/mol. The predicted molar refractivity (Wildman–Crippen MR) is 56.2 cm³/mol. The second kappa shape index (κ2) is 3.97. The van der Waals surface area contributed by atoms with Crippen molar-refractivity contribution in [3.63, 3.8) is 0 Å². The molecule has 0 spiro atoms. The van der Waals surface area contributed by atoms with E-state index in [0.29, 0.717) is 6.61 Å². The number of methoxy groups -OCH3 is 1. The van der Waals surface area contributed by atoms with Crippen LogP contribution in [0.4, 0.5) is 0 Å². The zero-order chi connectivity index (χ0) is 10.7. The Labute approximate surface area is 88.8 Å². The van der Waals surface area contributed by atoms with E-state index in [9.17, 15) is 4.79 Å². The number of rotatable bonds is 4. The van der Waals surface area contributed by atoms with E-state index >= 15 is 0 Å². The van der Waals surface area contributed by atoms with Crippen LogP contribution in [0, 0.1) is 0 Å². The predicted octanol–water partition coefficient (Wildman–Crippen LogP) is 2.16. The molecule has 1 saturated carbocycles. The molecule has 0 unspecified atom stereocenters. The molecule has 1 fully saturated rings. The molecule has 78 valence electrons. The first-order chi connectivity index (χ1) is 7.32. The van der Waals surface area contributed by atoms with Gasteiger partial charge in [-0.2, -0.15) is 4.99 Å². The molecule has 1 aromatic rings. The highest BCUT2D eigenvalue weighted by Crippen LogP contribution is 2.50. The molecule has 1 aliphatic rings. The number of carbonyl (C=O) groups excluding carboxylic acids is 1. The Hall–Kier alpha value is -1.44. The van der Waals surface area contributed by atoms with Gasteiger partial charge in [-0.25, -0.2) is 4.79 Å². The molecule has 1 aromatic carbocycles. The molecule has 2 rings (SSSR count). The topological polar surface area (TPSA) is 38.7 Å². The second-order valence-electron chi connectivity index (χ2n) is 3.82. The first kappa shape index (κ1) is 10.1. The van der Waals surface area contributed by atoms with Crippen molar-refractivity contribution in [3.8, 4) is 0 Å². The first-order valence-electron chi connectivity index (χ1n) is 4.99. The third-order valence-corrected chi connectivity index (χ3v) is 2.80. The van der Waals surface area contributed by atoms with Crippen molar-refractivity contribution in [3.05, 3.63) is 35.4 Å². The van der Waals surface area contributed by atoms with Crippen LogP contribution in [0.25, 0.3) is 0 Å². The van der Waals surface area contributed by atoms with Crippen molar-refractivity contribution >= 4 is 6.08 Å². The normalized spacial score (nSPS) is 16.9. The van der Waals surface area contributed by atoms with E-state index in [2.05, 4.69) is 4.99 Å². The maximum Gasteiger partial charge on any atom is 0.235 e. The maximum absolute atomic E-state index is 10.4. The fourth-order valence-corrected chi connectivity index (χ4v) is 1.90. The largest absolute Gasteiger partial charge is 0.380 e. The zero-order valence-corrected chi connectivity index (χ0v) is 8.69. The number of benzene rings is 1. The minimum absolute atomic E-state index is 0.295. The lowest BCUT2D eigenvalue weighted by Gasteiger charge is -2.13. The summed E-state index contributed by atoms with van der Waals surface area (Å²) in [5.74, 6) is 0. The van der Waals surface area contributed by atoms with E-state index in [0.717, 1.165) is 24.0 Å². The number of nitrogens with zero attached hydrogens (tertiary/aromatic N) is 1. The molecule has 0 heterocycles. The van der Waals surface area contributed by atoms with Crippen LogP contribution in [-0.4, -0.2) is 13.2 Å². The van der Waals surface area contributed by atoms with E-state index in [-0.39, 0.29) is 5.54 Å². The van der Waals surface area contributed by atoms with Crippen LogP contribution in [0.15, 0.2) is 29.3 Å². The Bertz CT molecular complexity index is 404. The lowest BCUT2D eigenvalue weighted by atomic mass is 9.99. The van der Waals surface area contributed by atoms with Crippen molar-refractivity contribution in [1.29, 1.82) is 0 Å². The van der Waals surface area contributed by atoms with Crippen molar-refractivity contribution in [1.82, 2.24) is 0 Å². The van der Waals surface area contributed by atoms with E-state index in [1.807, 2.05) is 24.3 Å². The molecule has 0 atom stereocenters. The highest BCUT2D eigenvalue weighted by molar-refractivity contribution is 5.44. The summed E-state index contributed by atoms with van der Waals surface area (Å²) < 4.78 is 5.13. The summed E-state index contributed by atoms with van der Waals surface area (Å²) in [7, 11) is 1.67. The summed E-state index contributed by atoms with van der Waals surface area (Å²) >= 11 is 0. The maximum atomic E-state index is 10.4. The third-order valence-electron chi connectivity index (χ3n) is 2.80. The summed E-state index contributed by atoms with van der Waals surface area (Å²) in [5.41, 5.74) is 1.92. The number of hydrogen-bond donors (Lipinski definition) is 0. The summed E-state index contributed by atoms with van der Waals surface area (Å²) in [6.07, 6.45) is 3.54. The summed E-state index contributed by atoms with van der Waals surface area (Å²) in [6.45, 7) is 0.562. The van der Waals surface area contributed by atoms with Crippen LogP contribution in [0.2, 0.25) is 0 Å². The molecule has 0 radical (unpaired) electrons. The first-order valence-corrected chi connectivity index (χ1v) is 4.99. The average Bonchev–Trinajstić information content (AvgIpc) is 3.01. The number of aliphatic imine (C=N–C) groups is 1. The number of hydrogen-bond acceptors (Lipinski definition) is 3. The molecule has 15 heavy (non-hydrogen) atoms. The fraction of sp³-hybridized carbons (Fsp3) is 0.417. The van der Waals surface area contributed by atoms with E-state index in [1.165, 1.54) is 0 Å². The minimum Gasteiger partial charge on any atom is -0.380 e. The molecule has 3 heteroatoms. The van der Waals surface area contributed by atoms with Gasteiger partial charge in [-0.15, -0.1) is 0 Å². The molecule has 0 amide bonds. The third kappa shape index (κ3) is 1.84. The van der Waals surface area contributed by atoms with Crippen molar-refractivity contribution in [2.24, 2.45) is 4.99 Å². The lowest BCUT2D eigenvalue weighted by Crippen LogP contribution is -2.07. The van der Waals surface area contributed by atoms with E-state index < -0.39 is 0 Å². The Morgan fingerprint density at radius 3 is 2.80 bits per heavy atom. The SMILES string of the molecule is COCc1ccccc1C1(N=C=O)CC1. The van der Waals surface area contributed by atoms with Gasteiger partial charge in [0, 0.05) is 7.11 Å². The highest BCUT2D eigenvalue weighted by Gasteiger charge is 2.45. The van der Waals surface area contributed by atoms with E-state index in [1.54, 1.807) is 13.2 Å². The van der Waals surface area contributed by atoms with Crippen molar-refractivity contribution in [2.75, 3.05) is 7.11 Å². The summed E-state index contributed by atoms with van der Waals surface area (Å²) in [6, 6.07) is 7.97. The molecule has 0 N–H and O–H groups in total. The standard InChI is InChI=1S/C12H13NO2/c1-15-8-10-4-2-3-5-11(10)12(6-7-12)13-9-14/h2-5H,6-8H2,1H3. The molecule has 0 aromatic heterocycles. The van der Waals surface area contributed by atoms with Gasteiger partial charge in [-0.1, -0.05) is 24.3 Å². The molecule has 0 aliphatic heterocycles. The summed E-state index contributed by atoms with van der Waals surface area (Å²) in [5, 5.41) is 0. The van der Waals surface area contributed by atoms with Gasteiger partial charge < -0.3 is 4.74 Å². The monoisotopic (exact) mass is 203 g/mol. The Morgan fingerprint density at radius 2 is 2.20 bits per heavy atom. The van der Waals surface area contributed by atoms with Crippen LogP contribution in [0.1, 0.15) is 24.0 Å². The van der Waals surface area contributed by atoms with Gasteiger partial charge in [0.15, 0.2) is 0 Å². The van der Waals surface area contributed by atoms with Gasteiger partial charge in [0.05, 0.1) is 12.1 Å². The molecule has 3 nitrogen and oxygen atoms in total. The molecule has 1 aliphatic carbocycles. The molecular formula is C12H13NO2. The van der Waals surface area contributed by atoms with Gasteiger partial charge in [-0.05, 0) is 24.0 Å². The fourth-order valence-electron chi connectivity index (χ4n) is 1.90. The summed E-state index contributed by atoms with van der Waals surface area (Å²) in [4.78, 5) is 14.3. The van der Waals surface area contributed by atoms with Crippen LogP contribution < -0.4 is 0 Å². The molecule has 0 bridgehead atoms. The second-order valence-corrected chi connectivity index (χ2v) is 3.82. The van der Waals surface area contributed by atoms with Crippen molar-refractivity contribution < 1.29 is 9.53 Å². The Kier molecular flexibility index (Phi) is 2.67. The van der Waals surface area contributed by atoms with Gasteiger partial charge in [0.25, 0.3) is 0 Å². The zero-order valence-electron chi connectivity index (χ0n) is 8.69. The smallest absolute Gasteiger partial charge is 0.235 e. The van der Waals surface area contributed by atoms with Crippen LogP contribution in [0.3, 0.4) is 0 Å². The Balaban J connectivity index is 2.39. The highest BCUT2D eigenvalue weighted by atomic mass is 16.5. The van der Waals surface area contributed by atoms with E-state index in [4.69, 9.17) is 4.74 Å². The molecule has 0 saturated heterocycles. The quantitative estimate of drug-likeness (QED) is 0.555. The van der Waals surface area contributed by atoms with Crippen LogP contribution in [-0.2, 0) is 21.7 Å². The average molecular weight is 203 g/mol. The van der Waals surface area contributed by atoms with Gasteiger partial charge in [0.2, 0.25) is 6.08 Å². The number of ether oxygens (including phenoxy) is 1.